The fraction of sp³-hybridized carbons (Fsp3) is 0.750. The third-order valence-electron chi connectivity index (χ3n) is 6.30. The van der Waals surface area contributed by atoms with Gasteiger partial charge in [0.2, 0.25) is 0 Å². The van der Waals surface area contributed by atoms with Crippen molar-refractivity contribution in [1.29, 1.82) is 0 Å². The molecule has 3 aliphatic rings. The Hall–Kier alpha value is -1.33. The van der Waals surface area contributed by atoms with Gasteiger partial charge in [0.25, 0.3) is 0 Å². The minimum Gasteiger partial charge on any atom is -0.368 e. The normalized spacial score (nSPS) is 25.7. The fourth-order valence-corrected chi connectivity index (χ4v) is 4.57. The molecule has 0 N–H and O–H groups in total. The lowest BCUT2D eigenvalue weighted by molar-refractivity contribution is 0.177. The van der Waals surface area contributed by atoms with Crippen molar-refractivity contribution in [3.63, 3.8) is 0 Å². The van der Waals surface area contributed by atoms with Gasteiger partial charge in [0.15, 0.2) is 0 Å². The van der Waals surface area contributed by atoms with E-state index in [0.717, 1.165) is 39.3 Å². The fourth-order valence-electron chi connectivity index (χ4n) is 4.57. The molecule has 4 heterocycles. The minimum atomic E-state index is 0.638. The van der Waals surface area contributed by atoms with Gasteiger partial charge >= 0.3 is 0 Å². The second-order valence-corrected chi connectivity index (χ2v) is 8.29. The van der Waals surface area contributed by atoms with Crippen LogP contribution in [0.1, 0.15) is 32.3 Å². The summed E-state index contributed by atoms with van der Waals surface area (Å²) in [5.74, 6) is 1.27. The first-order chi connectivity index (χ1) is 12.1. The van der Waals surface area contributed by atoms with Crippen LogP contribution in [0.3, 0.4) is 0 Å². The molecule has 0 unspecified atom stereocenters. The maximum atomic E-state index is 4.98. The van der Waals surface area contributed by atoms with Crippen LogP contribution >= 0.6 is 0 Å². The zero-order chi connectivity index (χ0) is 17.4. The molecule has 2 saturated heterocycles. The van der Waals surface area contributed by atoms with Gasteiger partial charge in [0.05, 0.1) is 11.9 Å². The lowest BCUT2D eigenvalue weighted by atomic mass is 10.1. The van der Waals surface area contributed by atoms with Gasteiger partial charge in [-0.15, -0.1) is 0 Å². The number of nitrogens with zero attached hydrogens (tertiary/aromatic N) is 5. The van der Waals surface area contributed by atoms with Crippen molar-refractivity contribution in [3.8, 4) is 0 Å². The molecule has 0 spiro atoms. The van der Waals surface area contributed by atoms with E-state index in [1.165, 1.54) is 42.9 Å². The second kappa shape index (κ2) is 7.12. The third-order valence-corrected chi connectivity index (χ3v) is 6.30. The molecular weight excluding hydrogens is 310 g/mol. The zero-order valence-electron chi connectivity index (χ0n) is 16.1. The predicted molar refractivity (Wildman–Crippen MR) is 105 cm³/mol. The first-order valence-electron chi connectivity index (χ1n) is 10.0. The summed E-state index contributed by atoms with van der Waals surface area (Å²) in [6, 6.07) is 3.72. The van der Waals surface area contributed by atoms with Crippen LogP contribution in [0.5, 0.6) is 0 Å². The average molecular weight is 344 g/mol. The second-order valence-electron chi connectivity index (χ2n) is 8.29. The van der Waals surface area contributed by atoms with E-state index in [1.54, 1.807) is 0 Å². The van der Waals surface area contributed by atoms with Gasteiger partial charge in [0.1, 0.15) is 5.82 Å². The maximum Gasteiger partial charge on any atom is 0.132 e. The Morgan fingerprint density at radius 3 is 2.64 bits per heavy atom. The monoisotopic (exact) mass is 343 g/mol. The molecule has 4 rings (SSSR count). The molecule has 0 aromatic carbocycles. The number of rotatable bonds is 2. The standard InChI is InChI=1S/C20H33N5/c1-16(2)24-11-12-25-18(15-24)6-4-5-17-13-19(14-21-20(17)25)23-9-7-22(3)8-10-23/h13-14,16,18H,4-12,15H2,1-3H3/t18-/m0/s1. The lowest BCUT2D eigenvalue weighted by Gasteiger charge is -2.43. The number of hydrogen-bond donors (Lipinski definition) is 0. The summed E-state index contributed by atoms with van der Waals surface area (Å²) in [7, 11) is 2.21. The van der Waals surface area contributed by atoms with E-state index in [2.05, 4.69) is 52.8 Å². The van der Waals surface area contributed by atoms with Crippen molar-refractivity contribution in [1.82, 2.24) is 14.8 Å². The van der Waals surface area contributed by atoms with E-state index in [0.29, 0.717) is 12.1 Å². The Labute approximate surface area is 152 Å². The van der Waals surface area contributed by atoms with Gasteiger partial charge in [0, 0.05) is 57.9 Å². The zero-order valence-corrected chi connectivity index (χ0v) is 16.1. The minimum absolute atomic E-state index is 0.638. The van der Waals surface area contributed by atoms with Gasteiger partial charge in [-0.05, 0) is 51.8 Å². The largest absolute Gasteiger partial charge is 0.368 e. The quantitative estimate of drug-likeness (QED) is 0.819. The summed E-state index contributed by atoms with van der Waals surface area (Å²) >= 11 is 0. The Kier molecular flexibility index (Phi) is 4.87. The summed E-state index contributed by atoms with van der Waals surface area (Å²) in [6.07, 6.45) is 5.89. The molecule has 0 bridgehead atoms. The van der Waals surface area contributed by atoms with Crippen LogP contribution in [0, 0.1) is 0 Å². The molecule has 5 nitrogen and oxygen atoms in total. The number of hydrogen-bond acceptors (Lipinski definition) is 5. The Balaban J connectivity index is 1.54. The van der Waals surface area contributed by atoms with Crippen LogP contribution in [0.4, 0.5) is 11.5 Å². The number of fused-ring (bicyclic) bond motifs is 3. The van der Waals surface area contributed by atoms with Crippen molar-refractivity contribution in [2.45, 2.75) is 45.2 Å². The predicted octanol–water partition coefficient (Wildman–Crippen LogP) is 2.07. The SMILES string of the molecule is CC(C)N1CCN2c3ncc(N4CCN(C)CC4)cc3CCC[C@H]2C1. The summed E-state index contributed by atoms with van der Waals surface area (Å²) < 4.78 is 0. The third kappa shape index (κ3) is 3.49. The van der Waals surface area contributed by atoms with E-state index in [9.17, 15) is 0 Å². The number of piperazine rings is 2. The highest BCUT2D eigenvalue weighted by Crippen LogP contribution is 2.32. The molecule has 3 aliphatic heterocycles. The molecule has 0 radical (unpaired) electrons. The smallest absolute Gasteiger partial charge is 0.132 e. The van der Waals surface area contributed by atoms with Gasteiger partial charge in [-0.2, -0.15) is 0 Å². The van der Waals surface area contributed by atoms with Crippen LogP contribution in [0.25, 0.3) is 0 Å². The first kappa shape index (κ1) is 17.1. The molecule has 1 aromatic rings. The molecule has 2 fully saturated rings. The van der Waals surface area contributed by atoms with Crippen LogP contribution in [0.15, 0.2) is 12.3 Å². The van der Waals surface area contributed by atoms with Crippen LogP contribution < -0.4 is 9.80 Å². The highest BCUT2D eigenvalue weighted by molar-refractivity contribution is 5.58. The van der Waals surface area contributed by atoms with Gasteiger partial charge < -0.3 is 14.7 Å². The lowest BCUT2D eigenvalue weighted by Crippen LogP contribution is -2.55. The number of pyridine rings is 1. The first-order valence-corrected chi connectivity index (χ1v) is 10.0. The molecular formula is C20H33N5. The van der Waals surface area contributed by atoms with Gasteiger partial charge in [-0.1, -0.05) is 0 Å². The molecule has 5 heteroatoms. The molecule has 1 atom stereocenters. The highest BCUT2D eigenvalue weighted by Gasteiger charge is 2.32. The average Bonchev–Trinajstić information content (AvgIpc) is 2.80. The molecule has 25 heavy (non-hydrogen) atoms. The van der Waals surface area contributed by atoms with Gasteiger partial charge in [-0.3, -0.25) is 4.90 Å². The molecule has 0 saturated carbocycles. The highest BCUT2D eigenvalue weighted by atomic mass is 15.3. The number of aryl methyl sites for hydroxylation is 1. The molecule has 1 aromatic heterocycles. The van der Waals surface area contributed by atoms with E-state index in [1.807, 2.05) is 0 Å². The van der Waals surface area contributed by atoms with E-state index < -0.39 is 0 Å². The van der Waals surface area contributed by atoms with Crippen molar-refractivity contribution in [2.75, 3.05) is 62.7 Å². The molecule has 0 amide bonds. The van der Waals surface area contributed by atoms with E-state index >= 15 is 0 Å². The molecule has 0 aliphatic carbocycles. The van der Waals surface area contributed by atoms with Crippen molar-refractivity contribution in [2.24, 2.45) is 0 Å². The van der Waals surface area contributed by atoms with Crippen molar-refractivity contribution >= 4 is 11.5 Å². The van der Waals surface area contributed by atoms with Crippen LogP contribution in [-0.4, -0.2) is 79.7 Å². The topological polar surface area (TPSA) is 25.9 Å². The number of aromatic nitrogens is 1. The van der Waals surface area contributed by atoms with Crippen molar-refractivity contribution < 1.29 is 0 Å². The Morgan fingerprint density at radius 2 is 1.88 bits per heavy atom. The van der Waals surface area contributed by atoms with E-state index in [4.69, 9.17) is 4.98 Å². The van der Waals surface area contributed by atoms with Gasteiger partial charge in [-0.25, -0.2) is 4.98 Å². The Bertz CT molecular complexity index is 594. The number of likely N-dealkylation sites (N-methyl/N-ethyl adjacent to an activating group) is 1. The summed E-state index contributed by atoms with van der Waals surface area (Å²) in [4.78, 5) is 15.1. The van der Waals surface area contributed by atoms with E-state index in [-0.39, 0.29) is 0 Å². The summed E-state index contributed by atoms with van der Waals surface area (Å²) in [5.41, 5.74) is 2.79. The Morgan fingerprint density at radius 1 is 1.08 bits per heavy atom. The molecule has 138 valence electrons. The summed E-state index contributed by atoms with van der Waals surface area (Å²) in [5, 5.41) is 0. The summed E-state index contributed by atoms with van der Waals surface area (Å²) in [6.45, 7) is 12.7. The number of anilines is 2. The van der Waals surface area contributed by atoms with Crippen LogP contribution in [-0.2, 0) is 6.42 Å². The maximum absolute atomic E-state index is 4.98. The van der Waals surface area contributed by atoms with Crippen molar-refractivity contribution in [3.05, 3.63) is 17.8 Å². The van der Waals surface area contributed by atoms with Crippen LogP contribution in [0.2, 0.25) is 0 Å².